The molecule has 1 heterocycles. The van der Waals surface area contributed by atoms with Crippen molar-refractivity contribution in [2.45, 2.75) is 59.0 Å². The van der Waals surface area contributed by atoms with Crippen LogP contribution in [0, 0.1) is 13.8 Å². The fraction of sp³-hybridized carbons (Fsp3) is 0.647. The van der Waals surface area contributed by atoms with Crippen molar-refractivity contribution in [3.63, 3.8) is 0 Å². The van der Waals surface area contributed by atoms with E-state index < -0.39 is 0 Å². The Balaban J connectivity index is 2.28. The predicted molar refractivity (Wildman–Crippen MR) is 84.0 cm³/mol. The van der Waals surface area contributed by atoms with Crippen LogP contribution in [0.25, 0.3) is 0 Å². The van der Waals surface area contributed by atoms with Gasteiger partial charge in [0.15, 0.2) is 0 Å². The lowest BCUT2D eigenvalue weighted by Gasteiger charge is -2.47. The molecule has 1 saturated heterocycles. The van der Waals surface area contributed by atoms with Crippen LogP contribution in [0.3, 0.4) is 0 Å². The van der Waals surface area contributed by atoms with E-state index in [-0.39, 0.29) is 5.54 Å². The molecule has 0 spiro atoms. The minimum Gasteiger partial charge on any atom is -0.366 e. The molecule has 0 radical (unpaired) electrons. The van der Waals surface area contributed by atoms with Crippen LogP contribution in [0.2, 0.25) is 0 Å². The van der Waals surface area contributed by atoms with Gasteiger partial charge in [-0.3, -0.25) is 0 Å². The van der Waals surface area contributed by atoms with E-state index in [1.54, 1.807) is 0 Å². The van der Waals surface area contributed by atoms with Crippen molar-refractivity contribution < 1.29 is 0 Å². The number of anilines is 1. The lowest BCUT2D eigenvalue weighted by atomic mass is 9.88. The van der Waals surface area contributed by atoms with Crippen molar-refractivity contribution in [1.82, 2.24) is 5.32 Å². The highest BCUT2D eigenvalue weighted by molar-refractivity contribution is 5.52. The second kappa shape index (κ2) is 5.54. The van der Waals surface area contributed by atoms with Crippen LogP contribution in [0.1, 0.15) is 44.7 Å². The molecule has 1 aliphatic rings. The molecule has 2 rings (SSSR count). The summed E-state index contributed by atoms with van der Waals surface area (Å²) < 4.78 is 0. The second-order valence-corrected chi connectivity index (χ2v) is 6.11. The highest BCUT2D eigenvalue weighted by atomic mass is 15.3. The molecule has 0 aromatic heterocycles. The number of rotatable bonds is 3. The fourth-order valence-corrected chi connectivity index (χ4v) is 2.99. The molecular formula is C17H28N2. The number of nitrogens with zero attached hydrogens (tertiary/aromatic N) is 1. The zero-order valence-corrected chi connectivity index (χ0v) is 13.1. The van der Waals surface area contributed by atoms with Crippen molar-refractivity contribution in [2.75, 3.05) is 18.0 Å². The monoisotopic (exact) mass is 260 g/mol. The quantitative estimate of drug-likeness (QED) is 0.892. The van der Waals surface area contributed by atoms with Crippen molar-refractivity contribution in [3.8, 4) is 0 Å². The van der Waals surface area contributed by atoms with Crippen molar-refractivity contribution in [1.29, 1.82) is 0 Å². The van der Waals surface area contributed by atoms with Gasteiger partial charge in [-0.15, -0.1) is 0 Å². The largest absolute Gasteiger partial charge is 0.366 e. The summed E-state index contributed by atoms with van der Waals surface area (Å²) in [7, 11) is 0. The van der Waals surface area contributed by atoms with Crippen LogP contribution in [0.4, 0.5) is 5.69 Å². The van der Waals surface area contributed by atoms with Gasteiger partial charge in [-0.25, -0.2) is 0 Å². The molecule has 2 heteroatoms. The summed E-state index contributed by atoms with van der Waals surface area (Å²) in [6, 6.07) is 7.43. The molecular weight excluding hydrogens is 232 g/mol. The van der Waals surface area contributed by atoms with Gasteiger partial charge in [0.05, 0.1) is 0 Å². The van der Waals surface area contributed by atoms with E-state index in [1.807, 2.05) is 0 Å². The Hall–Kier alpha value is -1.02. The number of nitrogens with one attached hydrogen (secondary N) is 1. The van der Waals surface area contributed by atoms with Gasteiger partial charge in [0, 0.05) is 30.4 Å². The highest BCUT2D eigenvalue weighted by Crippen LogP contribution is 2.28. The van der Waals surface area contributed by atoms with Gasteiger partial charge in [0.2, 0.25) is 0 Å². The minimum atomic E-state index is 0.283. The lowest BCUT2D eigenvalue weighted by Crippen LogP contribution is -2.63. The van der Waals surface area contributed by atoms with E-state index in [1.165, 1.54) is 29.7 Å². The van der Waals surface area contributed by atoms with Gasteiger partial charge >= 0.3 is 0 Å². The fourth-order valence-electron chi connectivity index (χ4n) is 2.99. The van der Waals surface area contributed by atoms with Crippen molar-refractivity contribution in [2.24, 2.45) is 0 Å². The molecule has 0 aliphatic carbocycles. The third-order valence-electron chi connectivity index (χ3n) is 4.95. The third kappa shape index (κ3) is 2.79. The summed E-state index contributed by atoms with van der Waals surface area (Å²) >= 11 is 0. The highest BCUT2D eigenvalue weighted by Gasteiger charge is 2.35. The number of piperazine rings is 1. The summed E-state index contributed by atoms with van der Waals surface area (Å²) in [5, 5.41) is 3.77. The summed E-state index contributed by atoms with van der Waals surface area (Å²) in [5.41, 5.74) is 4.43. The van der Waals surface area contributed by atoms with Crippen molar-refractivity contribution >= 4 is 5.69 Å². The van der Waals surface area contributed by atoms with Gasteiger partial charge < -0.3 is 10.2 Å². The smallest absolute Gasteiger partial charge is 0.0387 e. The van der Waals surface area contributed by atoms with E-state index in [4.69, 9.17) is 0 Å². The summed E-state index contributed by atoms with van der Waals surface area (Å²) in [5.74, 6) is 0. The van der Waals surface area contributed by atoms with Gasteiger partial charge in [0.25, 0.3) is 0 Å². The van der Waals surface area contributed by atoms with E-state index in [0.717, 1.165) is 13.1 Å². The van der Waals surface area contributed by atoms with E-state index in [0.29, 0.717) is 6.04 Å². The average Bonchev–Trinajstić information content (AvgIpc) is 2.43. The maximum Gasteiger partial charge on any atom is 0.0387 e. The Morgan fingerprint density at radius 1 is 1.21 bits per heavy atom. The molecule has 0 bridgehead atoms. The Bertz CT molecular complexity index is 435. The predicted octanol–water partition coefficient (Wildman–Crippen LogP) is 3.66. The maximum atomic E-state index is 3.77. The molecule has 106 valence electrons. The summed E-state index contributed by atoms with van der Waals surface area (Å²) in [6.45, 7) is 13.5. The van der Waals surface area contributed by atoms with Crippen LogP contribution in [0.15, 0.2) is 18.2 Å². The molecule has 0 amide bonds. The van der Waals surface area contributed by atoms with Crippen LogP contribution >= 0.6 is 0 Å². The Morgan fingerprint density at radius 2 is 1.89 bits per heavy atom. The molecule has 1 atom stereocenters. The summed E-state index contributed by atoms with van der Waals surface area (Å²) in [4.78, 5) is 2.58. The standard InChI is InChI=1S/C17H28N2/c1-6-17(7-2)12-19(15(5)11-18-17)16-9-8-13(3)14(4)10-16/h8-10,15,18H,6-7,11-12H2,1-5H3. The SMILES string of the molecule is CCC1(CC)CN(c2ccc(C)c(C)c2)C(C)CN1. The zero-order chi connectivity index (χ0) is 14.0. The first-order valence-electron chi connectivity index (χ1n) is 7.60. The van der Waals surface area contributed by atoms with Gasteiger partial charge in [-0.2, -0.15) is 0 Å². The van der Waals surface area contributed by atoms with Gasteiger partial charge in [0.1, 0.15) is 0 Å². The number of hydrogen-bond donors (Lipinski definition) is 1. The van der Waals surface area contributed by atoms with E-state index in [2.05, 4.69) is 63.0 Å². The number of aryl methyl sites for hydroxylation is 2. The maximum absolute atomic E-state index is 3.77. The Labute approximate surface area is 118 Å². The van der Waals surface area contributed by atoms with E-state index >= 15 is 0 Å². The third-order valence-corrected chi connectivity index (χ3v) is 4.95. The first-order valence-corrected chi connectivity index (χ1v) is 7.60. The number of hydrogen-bond acceptors (Lipinski definition) is 2. The molecule has 1 aliphatic heterocycles. The molecule has 1 fully saturated rings. The second-order valence-electron chi connectivity index (χ2n) is 6.11. The Kier molecular flexibility index (Phi) is 4.19. The lowest BCUT2D eigenvalue weighted by molar-refractivity contribution is 0.254. The molecule has 1 aromatic rings. The normalized spacial score (nSPS) is 22.6. The molecule has 1 unspecified atom stereocenters. The summed E-state index contributed by atoms with van der Waals surface area (Å²) in [6.07, 6.45) is 2.38. The minimum absolute atomic E-state index is 0.283. The van der Waals surface area contributed by atoms with Crippen LogP contribution in [-0.2, 0) is 0 Å². The van der Waals surface area contributed by atoms with Crippen LogP contribution in [0.5, 0.6) is 0 Å². The first kappa shape index (κ1) is 14.4. The molecule has 1 N–H and O–H groups in total. The van der Waals surface area contributed by atoms with Gasteiger partial charge in [-0.05, 0) is 56.9 Å². The first-order chi connectivity index (χ1) is 9.01. The van der Waals surface area contributed by atoms with Gasteiger partial charge in [-0.1, -0.05) is 19.9 Å². The molecule has 1 aromatic carbocycles. The molecule has 19 heavy (non-hydrogen) atoms. The average molecular weight is 260 g/mol. The Morgan fingerprint density at radius 3 is 2.47 bits per heavy atom. The molecule has 0 saturated carbocycles. The van der Waals surface area contributed by atoms with Crippen LogP contribution < -0.4 is 10.2 Å². The number of benzene rings is 1. The van der Waals surface area contributed by atoms with Crippen molar-refractivity contribution in [3.05, 3.63) is 29.3 Å². The van der Waals surface area contributed by atoms with E-state index in [9.17, 15) is 0 Å². The molecule has 2 nitrogen and oxygen atoms in total. The van der Waals surface area contributed by atoms with Crippen LogP contribution in [-0.4, -0.2) is 24.7 Å². The zero-order valence-electron chi connectivity index (χ0n) is 13.1. The topological polar surface area (TPSA) is 15.3 Å².